The monoisotopic (exact) mass is 354 g/mol. The van der Waals surface area contributed by atoms with Gasteiger partial charge in [0.1, 0.15) is 5.75 Å². The lowest BCUT2D eigenvalue weighted by atomic mass is 10.1. The van der Waals surface area contributed by atoms with E-state index in [1.807, 2.05) is 50.2 Å². The SMILES string of the molecule is Cc1ccc2cccc(NC(=O)[C@@H](C)Oc3ccc(Cl)c(C)c3)c2n1. The number of para-hydroxylation sites is 1. The normalized spacial score (nSPS) is 12.0. The van der Waals surface area contributed by atoms with E-state index in [2.05, 4.69) is 10.3 Å². The van der Waals surface area contributed by atoms with Crippen LogP contribution in [-0.4, -0.2) is 17.0 Å². The van der Waals surface area contributed by atoms with Crippen molar-refractivity contribution >= 4 is 34.1 Å². The maximum atomic E-state index is 12.5. The molecule has 0 saturated carbocycles. The van der Waals surface area contributed by atoms with E-state index in [1.165, 1.54) is 0 Å². The molecule has 1 heterocycles. The lowest BCUT2D eigenvalue weighted by Gasteiger charge is -2.16. The maximum absolute atomic E-state index is 12.5. The molecule has 0 fully saturated rings. The van der Waals surface area contributed by atoms with Crippen molar-refractivity contribution < 1.29 is 9.53 Å². The quantitative estimate of drug-likeness (QED) is 0.724. The van der Waals surface area contributed by atoms with Crippen LogP contribution in [0.25, 0.3) is 10.9 Å². The van der Waals surface area contributed by atoms with Gasteiger partial charge < -0.3 is 10.1 Å². The van der Waals surface area contributed by atoms with Crippen LogP contribution >= 0.6 is 11.6 Å². The molecule has 25 heavy (non-hydrogen) atoms. The molecule has 5 heteroatoms. The third-order valence-electron chi connectivity index (χ3n) is 3.93. The zero-order chi connectivity index (χ0) is 18.0. The molecule has 2 aromatic carbocycles. The van der Waals surface area contributed by atoms with Crippen molar-refractivity contribution in [1.29, 1.82) is 0 Å². The second-order valence-electron chi connectivity index (χ2n) is 5.99. The van der Waals surface area contributed by atoms with Gasteiger partial charge >= 0.3 is 0 Å². The van der Waals surface area contributed by atoms with Crippen molar-refractivity contribution in [3.8, 4) is 5.75 Å². The number of pyridine rings is 1. The Balaban J connectivity index is 1.77. The predicted octanol–water partition coefficient (Wildman–Crippen LogP) is 4.91. The first-order valence-electron chi connectivity index (χ1n) is 8.04. The number of hydrogen-bond acceptors (Lipinski definition) is 3. The van der Waals surface area contributed by atoms with Gasteiger partial charge in [-0.1, -0.05) is 29.8 Å². The van der Waals surface area contributed by atoms with Crippen LogP contribution in [0.1, 0.15) is 18.2 Å². The van der Waals surface area contributed by atoms with E-state index >= 15 is 0 Å². The van der Waals surface area contributed by atoms with Gasteiger partial charge in [0.15, 0.2) is 6.10 Å². The summed E-state index contributed by atoms with van der Waals surface area (Å²) in [5.74, 6) is 0.375. The lowest BCUT2D eigenvalue weighted by molar-refractivity contribution is -0.122. The summed E-state index contributed by atoms with van der Waals surface area (Å²) in [7, 11) is 0. The molecule has 1 aromatic heterocycles. The zero-order valence-electron chi connectivity index (χ0n) is 14.3. The molecule has 1 atom stereocenters. The highest BCUT2D eigenvalue weighted by Gasteiger charge is 2.16. The van der Waals surface area contributed by atoms with Crippen molar-refractivity contribution in [2.24, 2.45) is 0 Å². The second-order valence-corrected chi connectivity index (χ2v) is 6.40. The number of hydrogen-bond donors (Lipinski definition) is 1. The minimum absolute atomic E-state index is 0.233. The smallest absolute Gasteiger partial charge is 0.265 e. The number of halogens is 1. The Morgan fingerprint density at radius 1 is 1.16 bits per heavy atom. The van der Waals surface area contributed by atoms with Crippen molar-refractivity contribution in [3.63, 3.8) is 0 Å². The zero-order valence-corrected chi connectivity index (χ0v) is 15.1. The number of fused-ring (bicyclic) bond motifs is 1. The fraction of sp³-hybridized carbons (Fsp3) is 0.200. The molecule has 0 aliphatic rings. The van der Waals surface area contributed by atoms with Crippen LogP contribution in [0.5, 0.6) is 5.75 Å². The highest BCUT2D eigenvalue weighted by atomic mass is 35.5. The Kier molecular flexibility index (Phi) is 4.91. The molecule has 0 aliphatic heterocycles. The van der Waals surface area contributed by atoms with Crippen molar-refractivity contribution in [3.05, 3.63) is 64.8 Å². The van der Waals surface area contributed by atoms with Crippen molar-refractivity contribution in [2.45, 2.75) is 26.9 Å². The molecule has 0 saturated heterocycles. The molecule has 0 aliphatic carbocycles. The Bertz CT molecular complexity index is 940. The number of carbonyl (C=O) groups is 1. The van der Waals surface area contributed by atoms with E-state index < -0.39 is 6.10 Å². The van der Waals surface area contributed by atoms with Gasteiger partial charge in [0.2, 0.25) is 0 Å². The molecule has 3 aromatic rings. The number of carbonyl (C=O) groups excluding carboxylic acids is 1. The van der Waals surface area contributed by atoms with Crippen LogP contribution < -0.4 is 10.1 Å². The number of aromatic nitrogens is 1. The largest absolute Gasteiger partial charge is 0.481 e. The first kappa shape index (κ1) is 17.2. The van der Waals surface area contributed by atoms with E-state index in [-0.39, 0.29) is 5.91 Å². The molecule has 0 spiro atoms. The fourth-order valence-corrected chi connectivity index (χ4v) is 2.65. The molecular formula is C20H19ClN2O2. The number of nitrogens with zero attached hydrogens (tertiary/aromatic N) is 1. The minimum Gasteiger partial charge on any atom is -0.481 e. The van der Waals surface area contributed by atoms with Crippen LogP contribution in [0.3, 0.4) is 0 Å². The molecule has 0 unspecified atom stereocenters. The van der Waals surface area contributed by atoms with Gasteiger partial charge in [-0.2, -0.15) is 0 Å². The molecule has 4 nitrogen and oxygen atoms in total. The number of benzene rings is 2. The Labute approximate surface area is 151 Å². The molecule has 128 valence electrons. The van der Waals surface area contributed by atoms with Gasteiger partial charge in [0, 0.05) is 16.1 Å². The van der Waals surface area contributed by atoms with Crippen LogP contribution in [-0.2, 0) is 4.79 Å². The van der Waals surface area contributed by atoms with Gasteiger partial charge in [-0.3, -0.25) is 9.78 Å². The van der Waals surface area contributed by atoms with Gasteiger partial charge in [0.05, 0.1) is 11.2 Å². The number of amides is 1. The summed E-state index contributed by atoms with van der Waals surface area (Å²) in [6.07, 6.45) is -0.652. The average molecular weight is 355 g/mol. The Morgan fingerprint density at radius 3 is 2.72 bits per heavy atom. The number of anilines is 1. The van der Waals surface area contributed by atoms with Crippen molar-refractivity contribution in [2.75, 3.05) is 5.32 Å². The standard InChI is InChI=1S/C20H19ClN2O2/c1-12-11-16(9-10-17(12)21)25-14(3)20(24)23-18-6-4-5-15-8-7-13(2)22-19(15)18/h4-11,14H,1-3H3,(H,23,24)/t14-/m1/s1. The number of aryl methyl sites for hydroxylation is 2. The van der Waals surface area contributed by atoms with Crippen LogP contribution in [0, 0.1) is 13.8 Å². The first-order valence-corrected chi connectivity index (χ1v) is 8.42. The number of ether oxygens (including phenoxy) is 1. The minimum atomic E-state index is -0.652. The van der Waals surface area contributed by atoms with Gasteiger partial charge in [0.25, 0.3) is 5.91 Å². The van der Waals surface area contributed by atoms with E-state index in [0.29, 0.717) is 16.5 Å². The van der Waals surface area contributed by atoms with Gasteiger partial charge in [-0.25, -0.2) is 0 Å². The molecule has 1 N–H and O–H groups in total. The summed E-state index contributed by atoms with van der Waals surface area (Å²) >= 11 is 6.01. The van der Waals surface area contributed by atoms with Crippen LogP contribution in [0.15, 0.2) is 48.5 Å². The van der Waals surface area contributed by atoms with Crippen molar-refractivity contribution in [1.82, 2.24) is 4.98 Å². The van der Waals surface area contributed by atoms with E-state index in [1.54, 1.807) is 19.1 Å². The average Bonchev–Trinajstić information content (AvgIpc) is 2.58. The summed E-state index contributed by atoms with van der Waals surface area (Å²) in [6, 6.07) is 15.0. The molecular weight excluding hydrogens is 336 g/mol. The van der Waals surface area contributed by atoms with E-state index in [4.69, 9.17) is 16.3 Å². The molecule has 1 amide bonds. The third kappa shape index (κ3) is 3.91. The molecule has 0 bridgehead atoms. The topological polar surface area (TPSA) is 51.2 Å². The van der Waals surface area contributed by atoms with E-state index in [0.717, 1.165) is 22.2 Å². The first-order chi connectivity index (χ1) is 11.9. The second kappa shape index (κ2) is 7.11. The molecule has 3 rings (SSSR count). The summed E-state index contributed by atoms with van der Waals surface area (Å²) in [5, 5.41) is 4.55. The van der Waals surface area contributed by atoms with Gasteiger partial charge in [-0.15, -0.1) is 0 Å². The molecule has 0 radical (unpaired) electrons. The summed E-state index contributed by atoms with van der Waals surface area (Å²) in [6.45, 7) is 5.53. The fourth-order valence-electron chi connectivity index (χ4n) is 2.53. The lowest BCUT2D eigenvalue weighted by Crippen LogP contribution is -2.30. The van der Waals surface area contributed by atoms with Gasteiger partial charge in [-0.05, 0) is 56.7 Å². The van der Waals surface area contributed by atoms with Crippen LogP contribution in [0.2, 0.25) is 5.02 Å². The summed E-state index contributed by atoms with van der Waals surface area (Å²) < 4.78 is 5.73. The van der Waals surface area contributed by atoms with E-state index in [9.17, 15) is 4.79 Å². The highest BCUT2D eigenvalue weighted by molar-refractivity contribution is 6.31. The summed E-state index contributed by atoms with van der Waals surface area (Å²) in [5.41, 5.74) is 3.25. The highest BCUT2D eigenvalue weighted by Crippen LogP contribution is 2.24. The summed E-state index contributed by atoms with van der Waals surface area (Å²) in [4.78, 5) is 17.0. The number of rotatable bonds is 4. The van der Waals surface area contributed by atoms with Crippen LogP contribution in [0.4, 0.5) is 5.69 Å². The third-order valence-corrected chi connectivity index (χ3v) is 4.35. The predicted molar refractivity (Wildman–Crippen MR) is 101 cm³/mol. The Hall–Kier alpha value is -2.59. The number of nitrogens with one attached hydrogen (secondary N) is 1. The Morgan fingerprint density at radius 2 is 1.96 bits per heavy atom. The maximum Gasteiger partial charge on any atom is 0.265 e.